The summed E-state index contributed by atoms with van der Waals surface area (Å²) in [5.41, 5.74) is 1.19. The lowest BCUT2D eigenvalue weighted by Gasteiger charge is -2.12. The molecule has 0 atom stereocenters. The van der Waals surface area contributed by atoms with Gasteiger partial charge in [0, 0.05) is 25.5 Å². The molecule has 0 bridgehead atoms. The largest absolute Gasteiger partial charge is 0.493 e. The Morgan fingerprint density at radius 1 is 1.29 bits per heavy atom. The van der Waals surface area contributed by atoms with Crippen LogP contribution in [0.5, 0.6) is 11.5 Å². The van der Waals surface area contributed by atoms with Crippen molar-refractivity contribution in [3.8, 4) is 11.5 Å². The number of aromatic nitrogens is 2. The molecule has 0 fully saturated rings. The summed E-state index contributed by atoms with van der Waals surface area (Å²) in [5.74, 6) is 1.58. The van der Waals surface area contributed by atoms with E-state index in [-0.39, 0.29) is 0 Å². The van der Waals surface area contributed by atoms with Gasteiger partial charge in [0.05, 0.1) is 20.0 Å². The fourth-order valence-electron chi connectivity index (χ4n) is 2.06. The lowest BCUT2D eigenvalue weighted by molar-refractivity contribution is 0.282. The minimum atomic E-state index is 0.654. The molecule has 21 heavy (non-hydrogen) atoms. The van der Waals surface area contributed by atoms with Crippen molar-refractivity contribution in [2.45, 2.75) is 26.4 Å². The van der Waals surface area contributed by atoms with E-state index in [2.05, 4.69) is 23.3 Å². The number of nitrogens with one attached hydrogen (secondary N) is 1. The molecule has 114 valence electrons. The van der Waals surface area contributed by atoms with Gasteiger partial charge in [-0.2, -0.15) is 0 Å². The first-order chi connectivity index (χ1) is 10.3. The van der Waals surface area contributed by atoms with Crippen molar-refractivity contribution in [3.05, 3.63) is 42.5 Å². The quantitative estimate of drug-likeness (QED) is 0.720. The lowest BCUT2D eigenvalue weighted by Crippen LogP contribution is -2.11. The Labute approximate surface area is 125 Å². The highest BCUT2D eigenvalue weighted by Crippen LogP contribution is 2.28. The van der Waals surface area contributed by atoms with Gasteiger partial charge in [-0.3, -0.25) is 0 Å². The van der Waals surface area contributed by atoms with Crippen LogP contribution in [0.25, 0.3) is 0 Å². The second-order valence-corrected chi connectivity index (χ2v) is 4.77. The number of hydrogen-bond donors (Lipinski definition) is 1. The number of benzene rings is 1. The number of aryl methyl sites for hydroxylation is 1. The molecule has 0 saturated carbocycles. The fourth-order valence-corrected chi connectivity index (χ4v) is 2.06. The molecule has 0 aliphatic heterocycles. The summed E-state index contributed by atoms with van der Waals surface area (Å²) in [6.45, 7) is 5.44. The molecule has 1 aromatic carbocycles. The van der Waals surface area contributed by atoms with Crippen LogP contribution in [-0.4, -0.2) is 29.8 Å². The second kappa shape index (κ2) is 8.32. The van der Waals surface area contributed by atoms with E-state index in [1.54, 1.807) is 13.3 Å². The molecular weight excluding hydrogens is 266 g/mol. The molecule has 0 aliphatic rings. The first kappa shape index (κ1) is 15.4. The van der Waals surface area contributed by atoms with Gasteiger partial charge >= 0.3 is 0 Å². The molecule has 1 N–H and O–H groups in total. The van der Waals surface area contributed by atoms with Crippen molar-refractivity contribution < 1.29 is 9.47 Å². The van der Waals surface area contributed by atoms with Crippen LogP contribution >= 0.6 is 0 Å². The molecule has 0 spiro atoms. The molecule has 1 heterocycles. The number of nitrogens with zero attached hydrogens (tertiary/aromatic N) is 2. The van der Waals surface area contributed by atoms with E-state index in [1.807, 2.05) is 29.2 Å². The van der Waals surface area contributed by atoms with Crippen molar-refractivity contribution in [1.29, 1.82) is 0 Å². The Morgan fingerprint density at radius 3 is 2.90 bits per heavy atom. The van der Waals surface area contributed by atoms with Crippen LogP contribution in [-0.2, 0) is 13.1 Å². The maximum atomic E-state index is 5.81. The summed E-state index contributed by atoms with van der Waals surface area (Å²) in [6.07, 6.45) is 6.48. The Balaban J connectivity index is 1.84. The Morgan fingerprint density at radius 2 is 2.19 bits per heavy atom. The summed E-state index contributed by atoms with van der Waals surface area (Å²) in [4.78, 5) is 4.02. The normalized spacial score (nSPS) is 10.6. The molecule has 0 aliphatic carbocycles. The van der Waals surface area contributed by atoms with Crippen LogP contribution in [0.1, 0.15) is 18.9 Å². The first-order valence-corrected chi connectivity index (χ1v) is 7.29. The average molecular weight is 289 g/mol. The van der Waals surface area contributed by atoms with Crippen molar-refractivity contribution in [1.82, 2.24) is 14.9 Å². The van der Waals surface area contributed by atoms with E-state index in [1.165, 1.54) is 5.56 Å². The van der Waals surface area contributed by atoms with Crippen molar-refractivity contribution in [3.63, 3.8) is 0 Å². The SMILES string of the molecule is CCNCc1ccc(OCCCn2ccnc2)c(OC)c1. The number of ether oxygens (including phenoxy) is 2. The predicted octanol–water partition coefficient (Wildman–Crippen LogP) is 2.47. The molecule has 1 aromatic heterocycles. The summed E-state index contributed by atoms with van der Waals surface area (Å²) in [5, 5.41) is 3.30. The third kappa shape index (κ3) is 4.79. The van der Waals surface area contributed by atoms with Crippen molar-refractivity contribution in [2.24, 2.45) is 0 Å². The summed E-state index contributed by atoms with van der Waals surface area (Å²) >= 11 is 0. The number of methoxy groups -OCH3 is 1. The third-order valence-corrected chi connectivity index (χ3v) is 3.18. The Hall–Kier alpha value is -2.01. The van der Waals surface area contributed by atoms with Crippen LogP contribution in [0.3, 0.4) is 0 Å². The average Bonchev–Trinajstić information content (AvgIpc) is 3.03. The topological polar surface area (TPSA) is 48.3 Å². The molecule has 0 unspecified atom stereocenters. The van der Waals surface area contributed by atoms with Crippen LogP contribution < -0.4 is 14.8 Å². The summed E-state index contributed by atoms with van der Waals surface area (Å²) in [6, 6.07) is 6.06. The minimum absolute atomic E-state index is 0.654. The van der Waals surface area contributed by atoms with Crippen LogP contribution in [0.4, 0.5) is 0 Å². The standard InChI is InChI=1S/C16H23N3O2/c1-3-17-12-14-5-6-15(16(11-14)20-2)21-10-4-8-19-9-7-18-13-19/h5-7,9,11,13,17H,3-4,8,10,12H2,1-2H3. The maximum absolute atomic E-state index is 5.81. The zero-order valence-corrected chi connectivity index (χ0v) is 12.7. The monoisotopic (exact) mass is 289 g/mol. The molecule has 2 aromatic rings. The second-order valence-electron chi connectivity index (χ2n) is 4.77. The van der Waals surface area contributed by atoms with Gasteiger partial charge in [-0.15, -0.1) is 0 Å². The van der Waals surface area contributed by atoms with E-state index in [0.717, 1.165) is 37.6 Å². The first-order valence-electron chi connectivity index (χ1n) is 7.29. The highest BCUT2D eigenvalue weighted by atomic mass is 16.5. The van der Waals surface area contributed by atoms with Gasteiger partial charge in [-0.1, -0.05) is 13.0 Å². The summed E-state index contributed by atoms with van der Waals surface area (Å²) in [7, 11) is 1.67. The number of hydrogen-bond acceptors (Lipinski definition) is 4. The zero-order valence-electron chi connectivity index (χ0n) is 12.7. The smallest absolute Gasteiger partial charge is 0.161 e. The van der Waals surface area contributed by atoms with Gasteiger partial charge in [0.2, 0.25) is 0 Å². The van der Waals surface area contributed by atoms with E-state index in [9.17, 15) is 0 Å². The minimum Gasteiger partial charge on any atom is -0.493 e. The highest BCUT2D eigenvalue weighted by molar-refractivity contribution is 5.42. The van der Waals surface area contributed by atoms with E-state index >= 15 is 0 Å². The fraction of sp³-hybridized carbons (Fsp3) is 0.438. The van der Waals surface area contributed by atoms with Gasteiger partial charge in [-0.25, -0.2) is 4.98 Å². The maximum Gasteiger partial charge on any atom is 0.161 e. The van der Waals surface area contributed by atoms with Crippen LogP contribution in [0.15, 0.2) is 36.9 Å². The van der Waals surface area contributed by atoms with Gasteiger partial charge < -0.3 is 19.4 Å². The summed E-state index contributed by atoms with van der Waals surface area (Å²) < 4.78 is 13.2. The lowest BCUT2D eigenvalue weighted by atomic mass is 10.2. The van der Waals surface area contributed by atoms with Gasteiger partial charge in [-0.05, 0) is 30.7 Å². The number of rotatable bonds is 9. The molecule has 5 nitrogen and oxygen atoms in total. The molecule has 0 amide bonds. The molecule has 5 heteroatoms. The third-order valence-electron chi connectivity index (χ3n) is 3.18. The predicted molar refractivity (Wildman–Crippen MR) is 82.7 cm³/mol. The van der Waals surface area contributed by atoms with Crippen LogP contribution in [0, 0.1) is 0 Å². The van der Waals surface area contributed by atoms with Crippen molar-refractivity contribution in [2.75, 3.05) is 20.3 Å². The molecular formula is C16H23N3O2. The van der Waals surface area contributed by atoms with E-state index in [4.69, 9.17) is 9.47 Å². The molecule has 0 saturated heterocycles. The van der Waals surface area contributed by atoms with Crippen LogP contribution in [0.2, 0.25) is 0 Å². The van der Waals surface area contributed by atoms with Gasteiger partial charge in [0.1, 0.15) is 0 Å². The Kier molecular flexibility index (Phi) is 6.09. The van der Waals surface area contributed by atoms with Crippen molar-refractivity contribution >= 4 is 0 Å². The molecule has 0 radical (unpaired) electrons. The molecule has 2 rings (SSSR count). The highest BCUT2D eigenvalue weighted by Gasteiger charge is 2.05. The Bertz CT molecular complexity index is 526. The van der Waals surface area contributed by atoms with Gasteiger partial charge in [0.15, 0.2) is 11.5 Å². The number of imidazole rings is 1. The zero-order chi connectivity index (χ0) is 14.9. The van der Waals surface area contributed by atoms with Gasteiger partial charge in [0.25, 0.3) is 0 Å². The van der Waals surface area contributed by atoms with E-state index in [0.29, 0.717) is 6.61 Å². The van der Waals surface area contributed by atoms with E-state index < -0.39 is 0 Å².